The molecule has 98 valence electrons. The number of aromatic nitrogens is 1. The van der Waals surface area contributed by atoms with Gasteiger partial charge in [-0.05, 0) is 17.5 Å². The summed E-state index contributed by atoms with van der Waals surface area (Å²) in [5.41, 5.74) is 1.25. The monoisotopic (exact) mass is 257 g/mol. The molecule has 1 atom stereocenters. The van der Waals surface area contributed by atoms with E-state index in [2.05, 4.69) is 29.4 Å². The van der Waals surface area contributed by atoms with Gasteiger partial charge in [0.2, 0.25) is 0 Å². The molecule has 0 saturated carbocycles. The first-order chi connectivity index (χ1) is 9.16. The van der Waals surface area contributed by atoms with E-state index in [1.165, 1.54) is 17.8 Å². The van der Waals surface area contributed by atoms with Crippen molar-refractivity contribution in [2.24, 2.45) is 0 Å². The van der Waals surface area contributed by atoms with Crippen LogP contribution in [0.2, 0.25) is 0 Å². The highest BCUT2D eigenvalue weighted by molar-refractivity contribution is 5.40. The Morgan fingerprint density at radius 2 is 2.00 bits per heavy atom. The van der Waals surface area contributed by atoms with Gasteiger partial charge < -0.3 is 5.32 Å². The smallest absolute Gasteiger partial charge is 0.287 e. The van der Waals surface area contributed by atoms with E-state index < -0.39 is 4.92 Å². The third kappa shape index (κ3) is 3.51. The van der Waals surface area contributed by atoms with Crippen LogP contribution in [-0.2, 0) is 0 Å². The van der Waals surface area contributed by atoms with Crippen LogP contribution < -0.4 is 5.32 Å². The quantitative estimate of drug-likeness (QED) is 0.659. The van der Waals surface area contributed by atoms with Crippen LogP contribution in [0.4, 0.5) is 11.5 Å². The fourth-order valence-corrected chi connectivity index (χ4v) is 1.76. The lowest BCUT2D eigenvalue weighted by atomic mass is 10.0. The van der Waals surface area contributed by atoms with Crippen LogP contribution in [0.3, 0.4) is 0 Å². The Morgan fingerprint density at radius 3 is 2.58 bits per heavy atom. The van der Waals surface area contributed by atoms with Crippen LogP contribution in [0.25, 0.3) is 0 Å². The van der Waals surface area contributed by atoms with Gasteiger partial charge in [-0.2, -0.15) is 0 Å². The Kier molecular flexibility index (Phi) is 4.07. The first kappa shape index (κ1) is 13.0. The molecule has 0 aliphatic heterocycles. The summed E-state index contributed by atoms with van der Waals surface area (Å²) in [7, 11) is 0. The maximum absolute atomic E-state index is 10.5. The molecule has 1 unspecified atom stereocenters. The molecule has 5 heteroatoms. The van der Waals surface area contributed by atoms with E-state index in [1.54, 1.807) is 6.07 Å². The van der Waals surface area contributed by atoms with Crippen molar-refractivity contribution in [3.63, 3.8) is 0 Å². The lowest BCUT2D eigenvalue weighted by molar-refractivity contribution is -0.385. The lowest BCUT2D eigenvalue weighted by Crippen LogP contribution is -2.10. The Bertz CT molecular complexity index is 540. The summed E-state index contributed by atoms with van der Waals surface area (Å²) >= 11 is 0. The fraction of sp³-hybridized carbons (Fsp3) is 0.214. The number of nitro groups is 1. The van der Waals surface area contributed by atoms with Crippen molar-refractivity contribution in [2.75, 3.05) is 11.9 Å². The maximum Gasteiger partial charge on any atom is 0.287 e. The minimum Gasteiger partial charge on any atom is -0.369 e. The van der Waals surface area contributed by atoms with E-state index in [1.807, 2.05) is 18.2 Å². The molecule has 5 nitrogen and oxygen atoms in total. The molecule has 1 heterocycles. The molecule has 0 radical (unpaired) electrons. The van der Waals surface area contributed by atoms with Crippen molar-refractivity contribution in [2.45, 2.75) is 12.8 Å². The standard InChI is InChI=1S/C14H15N3O2/c1-11(12-5-3-2-4-6-12)9-15-14-8-7-13(10-16-14)17(18)19/h2-8,10-11H,9H2,1H3,(H,15,16). The molecule has 2 rings (SSSR count). The number of nitrogens with zero attached hydrogens (tertiary/aromatic N) is 2. The van der Waals surface area contributed by atoms with Crippen LogP contribution in [-0.4, -0.2) is 16.5 Å². The van der Waals surface area contributed by atoms with E-state index >= 15 is 0 Å². The van der Waals surface area contributed by atoms with Crippen molar-refractivity contribution in [3.05, 3.63) is 64.3 Å². The van der Waals surface area contributed by atoms with Gasteiger partial charge in [0.05, 0.1) is 4.92 Å². The number of benzene rings is 1. The van der Waals surface area contributed by atoms with Gasteiger partial charge in [-0.15, -0.1) is 0 Å². The van der Waals surface area contributed by atoms with Crippen LogP contribution in [0.1, 0.15) is 18.4 Å². The number of anilines is 1. The Balaban J connectivity index is 1.93. The van der Waals surface area contributed by atoms with Gasteiger partial charge in [-0.3, -0.25) is 10.1 Å². The zero-order chi connectivity index (χ0) is 13.7. The second-order valence-corrected chi connectivity index (χ2v) is 4.35. The van der Waals surface area contributed by atoms with Crippen molar-refractivity contribution < 1.29 is 4.92 Å². The molecule has 2 aromatic rings. The minimum absolute atomic E-state index is 0.00154. The maximum atomic E-state index is 10.5. The lowest BCUT2D eigenvalue weighted by Gasteiger charge is -2.13. The highest BCUT2D eigenvalue weighted by Crippen LogP contribution is 2.16. The largest absolute Gasteiger partial charge is 0.369 e. The molecule has 1 aromatic carbocycles. The van der Waals surface area contributed by atoms with Gasteiger partial charge in [0.25, 0.3) is 5.69 Å². The predicted octanol–water partition coefficient (Wildman–Crippen LogP) is 3.21. The van der Waals surface area contributed by atoms with Gasteiger partial charge in [-0.25, -0.2) is 4.98 Å². The van der Waals surface area contributed by atoms with Crippen molar-refractivity contribution in [1.29, 1.82) is 0 Å². The molecule has 1 N–H and O–H groups in total. The number of hydrogen-bond acceptors (Lipinski definition) is 4. The summed E-state index contributed by atoms with van der Waals surface area (Å²) in [5.74, 6) is 0.992. The van der Waals surface area contributed by atoms with Crippen molar-refractivity contribution in [3.8, 4) is 0 Å². The fourth-order valence-electron chi connectivity index (χ4n) is 1.76. The summed E-state index contributed by atoms with van der Waals surface area (Å²) in [6.07, 6.45) is 1.26. The average Bonchev–Trinajstić information content (AvgIpc) is 2.46. The molecule has 0 aliphatic rings. The van der Waals surface area contributed by atoms with Gasteiger partial charge in [0.1, 0.15) is 12.0 Å². The normalized spacial score (nSPS) is 11.8. The summed E-state index contributed by atoms with van der Waals surface area (Å²) in [6, 6.07) is 13.2. The zero-order valence-electron chi connectivity index (χ0n) is 10.6. The van der Waals surface area contributed by atoms with Gasteiger partial charge in [0, 0.05) is 12.6 Å². The van der Waals surface area contributed by atoms with Crippen LogP contribution in [0.15, 0.2) is 48.7 Å². The Labute approximate surface area is 111 Å². The molecule has 0 saturated heterocycles. The minimum atomic E-state index is -0.455. The molecule has 1 aromatic heterocycles. The molecular formula is C14H15N3O2. The van der Waals surface area contributed by atoms with E-state index in [4.69, 9.17) is 0 Å². The summed E-state index contributed by atoms with van der Waals surface area (Å²) < 4.78 is 0. The Morgan fingerprint density at radius 1 is 1.26 bits per heavy atom. The van der Waals surface area contributed by atoms with Gasteiger partial charge in [-0.1, -0.05) is 37.3 Å². The molecule has 0 fully saturated rings. The zero-order valence-corrected chi connectivity index (χ0v) is 10.6. The first-order valence-electron chi connectivity index (χ1n) is 6.06. The second-order valence-electron chi connectivity index (χ2n) is 4.35. The first-order valence-corrected chi connectivity index (χ1v) is 6.06. The predicted molar refractivity (Wildman–Crippen MR) is 74.2 cm³/mol. The van der Waals surface area contributed by atoms with E-state index in [0.717, 1.165) is 6.54 Å². The number of pyridine rings is 1. The van der Waals surface area contributed by atoms with E-state index in [-0.39, 0.29) is 5.69 Å². The average molecular weight is 257 g/mol. The molecular weight excluding hydrogens is 242 g/mol. The number of nitrogens with one attached hydrogen (secondary N) is 1. The Hall–Kier alpha value is -2.43. The highest BCUT2D eigenvalue weighted by Gasteiger charge is 2.07. The number of hydrogen-bond donors (Lipinski definition) is 1. The van der Waals surface area contributed by atoms with Gasteiger partial charge >= 0.3 is 0 Å². The number of rotatable bonds is 5. The third-order valence-electron chi connectivity index (χ3n) is 2.92. The van der Waals surface area contributed by atoms with Crippen molar-refractivity contribution in [1.82, 2.24) is 4.98 Å². The van der Waals surface area contributed by atoms with Gasteiger partial charge in [0.15, 0.2) is 0 Å². The molecule has 0 amide bonds. The summed E-state index contributed by atoms with van der Waals surface area (Å²) in [6.45, 7) is 2.85. The van der Waals surface area contributed by atoms with E-state index in [0.29, 0.717) is 11.7 Å². The van der Waals surface area contributed by atoms with E-state index in [9.17, 15) is 10.1 Å². The molecule has 19 heavy (non-hydrogen) atoms. The third-order valence-corrected chi connectivity index (χ3v) is 2.92. The van der Waals surface area contributed by atoms with Crippen LogP contribution >= 0.6 is 0 Å². The summed E-state index contributed by atoms with van der Waals surface area (Å²) in [5, 5.41) is 13.7. The molecule has 0 aliphatic carbocycles. The van der Waals surface area contributed by atoms with Crippen LogP contribution in [0.5, 0.6) is 0 Å². The molecule has 0 bridgehead atoms. The van der Waals surface area contributed by atoms with Crippen molar-refractivity contribution >= 4 is 11.5 Å². The topological polar surface area (TPSA) is 68.1 Å². The second kappa shape index (κ2) is 5.95. The van der Waals surface area contributed by atoms with Crippen LogP contribution in [0, 0.1) is 10.1 Å². The highest BCUT2D eigenvalue weighted by atomic mass is 16.6. The molecule has 0 spiro atoms. The SMILES string of the molecule is CC(CNc1ccc([N+](=O)[O-])cn1)c1ccccc1. The summed E-state index contributed by atoms with van der Waals surface area (Å²) in [4.78, 5) is 14.1.